The molecule has 0 radical (unpaired) electrons. The Hall–Kier alpha value is -3.03. The summed E-state index contributed by atoms with van der Waals surface area (Å²) in [6.45, 7) is 4.11. The molecule has 3 heterocycles. The largest absolute Gasteiger partial charge is 0.411 e. The quantitative estimate of drug-likeness (QED) is 0.326. The maximum atomic E-state index is 5.92. The Morgan fingerprint density at radius 3 is 2.55 bits per heavy atom. The van der Waals surface area contributed by atoms with Gasteiger partial charge in [0.15, 0.2) is 0 Å². The average molecular weight is 417 g/mol. The highest BCUT2D eigenvalue weighted by atomic mass is 32.2. The maximum Gasteiger partial charge on any atom is 0.283 e. The smallest absolute Gasteiger partial charge is 0.283 e. The Bertz CT molecular complexity index is 1310. The van der Waals surface area contributed by atoms with Gasteiger partial charge in [-0.2, -0.15) is 0 Å². The van der Waals surface area contributed by atoms with E-state index in [0.717, 1.165) is 37.5 Å². The van der Waals surface area contributed by atoms with Crippen LogP contribution in [0.3, 0.4) is 0 Å². The molecule has 0 saturated carbocycles. The molecule has 5 rings (SSSR count). The van der Waals surface area contributed by atoms with E-state index in [9.17, 15) is 0 Å². The third kappa shape index (κ3) is 3.43. The molecule has 0 bridgehead atoms. The molecule has 0 N–H and O–H groups in total. The monoisotopic (exact) mass is 416 g/mol. The summed E-state index contributed by atoms with van der Waals surface area (Å²) in [6, 6.07) is 16.4. The van der Waals surface area contributed by atoms with E-state index in [4.69, 9.17) is 4.42 Å². The molecular formula is C22H16N4OS2. The van der Waals surface area contributed by atoms with Crippen LogP contribution in [0.1, 0.15) is 11.1 Å². The topological polar surface area (TPSA) is 64.7 Å². The summed E-state index contributed by atoms with van der Waals surface area (Å²) in [5.74, 6) is 0.514. The number of hydrogen-bond donors (Lipinski definition) is 0. The van der Waals surface area contributed by atoms with Crippen molar-refractivity contribution in [2.24, 2.45) is 0 Å². The first-order valence-corrected chi connectivity index (χ1v) is 10.8. The van der Waals surface area contributed by atoms with Gasteiger partial charge in [-0.15, -0.1) is 21.5 Å². The highest BCUT2D eigenvalue weighted by Crippen LogP contribution is 2.40. The first kappa shape index (κ1) is 18.0. The highest BCUT2D eigenvalue weighted by molar-refractivity contribution is 7.99. The fourth-order valence-electron chi connectivity index (χ4n) is 3.13. The van der Waals surface area contributed by atoms with Crippen molar-refractivity contribution in [2.45, 2.75) is 24.1 Å². The Balaban J connectivity index is 1.54. The fourth-order valence-corrected chi connectivity index (χ4v) is 4.88. The van der Waals surface area contributed by atoms with Gasteiger partial charge in [-0.1, -0.05) is 48.0 Å². The van der Waals surface area contributed by atoms with Crippen LogP contribution in [0.2, 0.25) is 0 Å². The van der Waals surface area contributed by atoms with E-state index in [1.165, 1.54) is 17.3 Å². The average Bonchev–Trinajstić information content (AvgIpc) is 3.37. The third-order valence-corrected chi connectivity index (χ3v) is 6.39. The van der Waals surface area contributed by atoms with E-state index in [2.05, 4.69) is 56.7 Å². The van der Waals surface area contributed by atoms with E-state index < -0.39 is 0 Å². The number of aromatic nitrogens is 4. The predicted molar refractivity (Wildman–Crippen MR) is 116 cm³/mol. The SMILES string of the molecule is Cc1ccc(-c2csc3ncnc(Sc4nnc(-c5ccccc5C)o4)c23)cc1. The summed E-state index contributed by atoms with van der Waals surface area (Å²) in [7, 11) is 0. The summed E-state index contributed by atoms with van der Waals surface area (Å²) in [4.78, 5) is 9.89. The van der Waals surface area contributed by atoms with Crippen molar-refractivity contribution in [2.75, 3.05) is 0 Å². The minimum absolute atomic E-state index is 0.462. The molecule has 0 atom stereocenters. The molecular weight excluding hydrogens is 400 g/mol. The summed E-state index contributed by atoms with van der Waals surface area (Å²) >= 11 is 2.98. The van der Waals surface area contributed by atoms with Crippen molar-refractivity contribution >= 4 is 33.3 Å². The lowest BCUT2D eigenvalue weighted by Gasteiger charge is -2.04. The first-order valence-electron chi connectivity index (χ1n) is 9.05. The molecule has 0 aliphatic rings. The summed E-state index contributed by atoms with van der Waals surface area (Å²) in [5.41, 5.74) is 5.53. The maximum absolute atomic E-state index is 5.92. The van der Waals surface area contributed by atoms with Crippen molar-refractivity contribution in [1.29, 1.82) is 0 Å². The zero-order chi connectivity index (χ0) is 19.8. The lowest BCUT2D eigenvalue weighted by molar-refractivity contribution is 0.465. The Kier molecular flexibility index (Phi) is 4.61. The van der Waals surface area contributed by atoms with Gasteiger partial charge in [-0.25, -0.2) is 9.97 Å². The zero-order valence-electron chi connectivity index (χ0n) is 15.8. The summed E-state index contributed by atoms with van der Waals surface area (Å²) < 4.78 is 5.92. The van der Waals surface area contributed by atoms with E-state index in [1.54, 1.807) is 17.7 Å². The second-order valence-electron chi connectivity index (χ2n) is 6.66. The van der Waals surface area contributed by atoms with Crippen LogP contribution in [-0.2, 0) is 0 Å². The van der Waals surface area contributed by atoms with Gasteiger partial charge in [0.25, 0.3) is 5.22 Å². The molecule has 0 unspecified atom stereocenters. The molecule has 0 saturated heterocycles. The van der Waals surface area contributed by atoms with Crippen molar-refractivity contribution in [3.8, 4) is 22.6 Å². The van der Waals surface area contributed by atoms with Crippen LogP contribution in [-0.4, -0.2) is 20.2 Å². The van der Waals surface area contributed by atoms with E-state index >= 15 is 0 Å². The van der Waals surface area contributed by atoms with Gasteiger partial charge in [0, 0.05) is 16.5 Å². The van der Waals surface area contributed by atoms with E-state index in [0.29, 0.717) is 11.1 Å². The van der Waals surface area contributed by atoms with Crippen molar-refractivity contribution in [3.05, 3.63) is 71.4 Å². The number of thiophene rings is 1. The molecule has 29 heavy (non-hydrogen) atoms. The van der Waals surface area contributed by atoms with Crippen LogP contribution < -0.4 is 0 Å². The Morgan fingerprint density at radius 2 is 1.72 bits per heavy atom. The number of nitrogens with zero attached hydrogens (tertiary/aromatic N) is 4. The zero-order valence-corrected chi connectivity index (χ0v) is 17.4. The molecule has 0 aliphatic carbocycles. The molecule has 0 aliphatic heterocycles. The first-order chi connectivity index (χ1) is 14.2. The van der Waals surface area contributed by atoms with Gasteiger partial charge in [-0.05, 0) is 42.8 Å². The van der Waals surface area contributed by atoms with Gasteiger partial charge in [0.1, 0.15) is 16.2 Å². The Morgan fingerprint density at radius 1 is 0.897 bits per heavy atom. The Labute approximate surface area is 175 Å². The van der Waals surface area contributed by atoms with Gasteiger partial charge in [0.2, 0.25) is 5.89 Å². The van der Waals surface area contributed by atoms with Gasteiger partial charge >= 0.3 is 0 Å². The molecule has 2 aromatic carbocycles. The molecule has 0 fully saturated rings. The molecule has 5 aromatic rings. The minimum Gasteiger partial charge on any atom is -0.411 e. The van der Waals surface area contributed by atoms with Crippen LogP contribution in [0.5, 0.6) is 0 Å². The molecule has 5 nitrogen and oxygen atoms in total. The second-order valence-corrected chi connectivity index (χ2v) is 8.46. The van der Waals surface area contributed by atoms with Crippen molar-refractivity contribution in [1.82, 2.24) is 20.2 Å². The van der Waals surface area contributed by atoms with Crippen LogP contribution in [0.4, 0.5) is 0 Å². The lowest BCUT2D eigenvalue weighted by atomic mass is 10.1. The number of benzene rings is 2. The summed E-state index contributed by atoms with van der Waals surface area (Å²) in [5, 5.41) is 12.9. The molecule has 0 spiro atoms. The molecule has 7 heteroatoms. The van der Waals surface area contributed by atoms with Crippen LogP contribution in [0.25, 0.3) is 32.8 Å². The van der Waals surface area contributed by atoms with Crippen LogP contribution in [0.15, 0.2) is 74.9 Å². The number of aryl methyl sites for hydroxylation is 2. The van der Waals surface area contributed by atoms with Gasteiger partial charge in [-0.3, -0.25) is 0 Å². The second kappa shape index (κ2) is 7.42. The molecule has 142 valence electrons. The van der Waals surface area contributed by atoms with E-state index in [-0.39, 0.29) is 0 Å². The third-order valence-electron chi connectivity index (χ3n) is 4.66. The normalized spacial score (nSPS) is 11.2. The van der Waals surface area contributed by atoms with Crippen LogP contribution in [0, 0.1) is 13.8 Å². The molecule has 0 amide bonds. The minimum atomic E-state index is 0.462. The number of fused-ring (bicyclic) bond motifs is 1. The molecule has 3 aromatic heterocycles. The summed E-state index contributed by atoms with van der Waals surface area (Å²) in [6.07, 6.45) is 1.58. The van der Waals surface area contributed by atoms with Gasteiger partial charge in [0.05, 0.1) is 5.39 Å². The number of rotatable bonds is 4. The fraction of sp³-hybridized carbons (Fsp3) is 0.0909. The number of hydrogen-bond acceptors (Lipinski definition) is 7. The van der Waals surface area contributed by atoms with Crippen molar-refractivity contribution in [3.63, 3.8) is 0 Å². The highest BCUT2D eigenvalue weighted by Gasteiger charge is 2.17. The van der Waals surface area contributed by atoms with Crippen LogP contribution >= 0.6 is 23.1 Å². The lowest BCUT2D eigenvalue weighted by Crippen LogP contribution is -1.86. The van der Waals surface area contributed by atoms with Crippen molar-refractivity contribution < 1.29 is 4.42 Å². The van der Waals surface area contributed by atoms with E-state index in [1.807, 2.05) is 31.2 Å². The predicted octanol–water partition coefficient (Wildman–Crippen LogP) is 6.18. The van der Waals surface area contributed by atoms with Gasteiger partial charge < -0.3 is 4.42 Å². The standard InChI is InChI=1S/C22H16N4OS2/c1-13-7-9-15(10-8-13)17-11-28-20-18(17)21(24-12-23-20)29-22-26-25-19(27-22)16-6-4-3-5-14(16)2/h3-12H,1-2H3.